The van der Waals surface area contributed by atoms with E-state index in [1.54, 1.807) is 0 Å². The molecular formula is C49H35N3. The zero-order valence-corrected chi connectivity index (χ0v) is 29.1. The fourth-order valence-electron chi connectivity index (χ4n) is 8.19. The van der Waals surface area contributed by atoms with E-state index in [2.05, 4.69) is 194 Å². The predicted octanol–water partition coefficient (Wildman–Crippen LogP) is 12.5. The van der Waals surface area contributed by atoms with Crippen molar-refractivity contribution in [2.24, 2.45) is 0 Å². The smallest absolute Gasteiger partial charge is 0.235 e. The molecule has 0 saturated heterocycles. The van der Waals surface area contributed by atoms with Crippen molar-refractivity contribution in [1.29, 1.82) is 0 Å². The number of fused-ring (bicyclic) bond motifs is 6. The molecule has 3 nitrogen and oxygen atoms in total. The van der Waals surface area contributed by atoms with E-state index >= 15 is 0 Å². The Bertz CT molecular complexity index is 2710. The number of nitrogens with zero attached hydrogens (tertiary/aromatic N) is 3. The van der Waals surface area contributed by atoms with Crippen LogP contribution in [0.3, 0.4) is 0 Å². The van der Waals surface area contributed by atoms with Gasteiger partial charge in [0.25, 0.3) is 0 Å². The number of benzene rings is 7. The molecule has 0 aliphatic heterocycles. The van der Waals surface area contributed by atoms with Gasteiger partial charge in [-0.15, -0.1) is 0 Å². The standard InChI is InChI=1S/C49H35N3/c1-49(2)42-25-11-9-23-38(42)40-30-47-41(29-43(40)49)39-24-10-12-26-46(39)52(47)48-50-44(36-21-13-19-34(27-36)32-15-5-3-6-16-32)31-45(51-48)37-22-14-20-35(28-37)33-17-7-4-8-18-33/h3-31H,1-2H3. The van der Waals surface area contributed by atoms with Crippen molar-refractivity contribution in [2.45, 2.75) is 19.3 Å². The van der Waals surface area contributed by atoms with Crippen LogP contribution in [-0.4, -0.2) is 14.5 Å². The Balaban J connectivity index is 1.24. The van der Waals surface area contributed by atoms with E-state index in [9.17, 15) is 0 Å². The molecule has 0 saturated carbocycles. The summed E-state index contributed by atoms with van der Waals surface area (Å²) in [6, 6.07) is 62.9. The molecule has 0 unspecified atom stereocenters. The molecule has 3 heteroatoms. The van der Waals surface area contributed by atoms with Gasteiger partial charge < -0.3 is 0 Å². The number of para-hydroxylation sites is 1. The number of hydrogen-bond donors (Lipinski definition) is 0. The minimum Gasteiger partial charge on any atom is -0.278 e. The summed E-state index contributed by atoms with van der Waals surface area (Å²) in [5, 5.41) is 2.41. The summed E-state index contributed by atoms with van der Waals surface area (Å²) in [5.41, 5.74) is 15.9. The van der Waals surface area contributed by atoms with Crippen LogP contribution in [0.25, 0.3) is 83.6 Å². The van der Waals surface area contributed by atoms with Crippen LogP contribution in [0.2, 0.25) is 0 Å². The van der Waals surface area contributed by atoms with Gasteiger partial charge in [-0.25, -0.2) is 9.97 Å². The Morgan fingerprint density at radius 1 is 0.385 bits per heavy atom. The van der Waals surface area contributed by atoms with Gasteiger partial charge in [0.05, 0.1) is 22.4 Å². The Hall–Kier alpha value is -6.58. The van der Waals surface area contributed by atoms with Gasteiger partial charge >= 0.3 is 0 Å². The van der Waals surface area contributed by atoms with Crippen LogP contribution >= 0.6 is 0 Å². The Morgan fingerprint density at radius 2 is 0.923 bits per heavy atom. The van der Waals surface area contributed by atoms with Crippen molar-refractivity contribution < 1.29 is 0 Å². The van der Waals surface area contributed by atoms with Crippen LogP contribution in [0.1, 0.15) is 25.0 Å². The highest BCUT2D eigenvalue weighted by molar-refractivity contribution is 6.11. The van der Waals surface area contributed by atoms with Crippen LogP contribution in [0, 0.1) is 0 Å². The monoisotopic (exact) mass is 665 g/mol. The molecule has 1 aliphatic rings. The molecule has 7 aromatic carbocycles. The average molecular weight is 666 g/mol. The summed E-state index contributed by atoms with van der Waals surface area (Å²) < 4.78 is 2.27. The maximum Gasteiger partial charge on any atom is 0.235 e. The van der Waals surface area contributed by atoms with Gasteiger partial charge in [-0.1, -0.05) is 153 Å². The van der Waals surface area contributed by atoms with Gasteiger partial charge in [-0.3, -0.25) is 4.57 Å². The molecular weight excluding hydrogens is 631 g/mol. The lowest BCUT2D eigenvalue weighted by Crippen LogP contribution is -2.14. The maximum absolute atomic E-state index is 5.41. The largest absolute Gasteiger partial charge is 0.278 e. The zero-order chi connectivity index (χ0) is 34.8. The molecule has 0 radical (unpaired) electrons. The normalized spacial score (nSPS) is 13.0. The Labute approximate surface area is 303 Å². The lowest BCUT2D eigenvalue weighted by atomic mass is 9.82. The minimum atomic E-state index is -0.0968. The molecule has 246 valence electrons. The summed E-state index contributed by atoms with van der Waals surface area (Å²) in [4.78, 5) is 10.8. The van der Waals surface area contributed by atoms with Crippen LogP contribution in [0.4, 0.5) is 0 Å². The molecule has 9 aromatic rings. The SMILES string of the molecule is CC1(C)c2ccccc2-c2cc3c(cc21)c1ccccc1n3-c1nc(-c2cccc(-c3ccccc3)c2)cc(-c2cccc(-c3ccccc3)c2)n1. The van der Waals surface area contributed by atoms with Crippen LogP contribution in [0.5, 0.6) is 0 Å². The second kappa shape index (κ2) is 11.8. The highest BCUT2D eigenvalue weighted by atomic mass is 15.2. The molecule has 52 heavy (non-hydrogen) atoms. The zero-order valence-electron chi connectivity index (χ0n) is 29.1. The van der Waals surface area contributed by atoms with E-state index in [-0.39, 0.29) is 5.41 Å². The van der Waals surface area contributed by atoms with Gasteiger partial charge in [-0.2, -0.15) is 0 Å². The molecule has 0 N–H and O–H groups in total. The van der Waals surface area contributed by atoms with Crippen molar-refractivity contribution in [3.05, 3.63) is 187 Å². The van der Waals surface area contributed by atoms with Crippen molar-refractivity contribution >= 4 is 21.8 Å². The third kappa shape index (κ3) is 4.81. The fourth-order valence-corrected chi connectivity index (χ4v) is 8.19. The third-order valence-corrected chi connectivity index (χ3v) is 10.8. The highest BCUT2D eigenvalue weighted by Crippen LogP contribution is 2.51. The van der Waals surface area contributed by atoms with Gasteiger partial charge in [-0.05, 0) is 80.9 Å². The topological polar surface area (TPSA) is 30.7 Å². The first kappa shape index (κ1) is 30.3. The van der Waals surface area contributed by atoms with Crippen molar-refractivity contribution in [1.82, 2.24) is 14.5 Å². The minimum absolute atomic E-state index is 0.0968. The molecule has 0 fully saturated rings. The average Bonchev–Trinajstić information content (AvgIpc) is 3.65. The molecule has 0 amide bonds. The van der Waals surface area contributed by atoms with E-state index < -0.39 is 0 Å². The molecule has 10 rings (SSSR count). The lowest BCUT2D eigenvalue weighted by Gasteiger charge is -2.21. The van der Waals surface area contributed by atoms with Gasteiger partial charge in [0.15, 0.2) is 0 Å². The van der Waals surface area contributed by atoms with E-state index in [4.69, 9.17) is 9.97 Å². The van der Waals surface area contributed by atoms with Crippen molar-refractivity contribution in [3.63, 3.8) is 0 Å². The van der Waals surface area contributed by atoms with Crippen LogP contribution < -0.4 is 0 Å². The van der Waals surface area contributed by atoms with E-state index in [0.717, 1.165) is 44.7 Å². The first-order valence-corrected chi connectivity index (χ1v) is 17.9. The molecule has 2 aromatic heterocycles. The van der Waals surface area contributed by atoms with E-state index in [0.29, 0.717) is 5.95 Å². The van der Waals surface area contributed by atoms with E-state index in [1.165, 1.54) is 44.2 Å². The first-order chi connectivity index (χ1) is 25.5. The van der Waals surface area contributed by atoms with Gasteiger partial charge in [0.1, 0.15) is 0 Å². The molecule has 0 spiro atoms. The number of hydrogen-bond acceptors (Lipinski definition) is 2. The highest BCUT2D eigenvalue weighted by Gasteiger charge is 2.36. The lowest BCUT2D eigenvalue weighted by molar-refractivity contribution is 0.661. The van der Waals surface area contributed by atoms with E-state index in [1.807, 2.05) is 0 Å². The summed E-state index contributed by atoms with van der Waals surface area (Å²) in [7, 11) is 0. The summed E-state index contributed by atoms with van der Waals surface area (Å²) in [6.07, 6.45) is 0. The maximum atomic E-state index is 5.41. The summed E-state index contributed by atoms with van der Waals surface area (Å²) in [6.45, 7) is 4.68. The number of aromatic nitrogens is 3. The quantitative estimate of drug-likeness (QED) is 0.183. The molecule has 2 heterocycles. The van der Waals surface area contributed by atoms with Gasteiger partial charge in [0.2, 0.25) is 5.95 Å². The first-order valence-electron chi connectivity index (χ1n) is 17.9. The molecule has 1 aliphatic carbocycles. The van der Waals surface area contributed by atoms with Crippen LogP contribution in [-0.2, 0) is 5.41 Å². The Kier molecular flexibility index (Phi) is 6.84. The summed E-state index contributed by atoms with van der Waals surface area (Å²) in [5.74, 6) is 0.652. The van der Waals surface area contributed by atoms with Crippen LogP contribution in [0.15, 0.2) is 176 Å². The summed E-state index contributed by atoms with van der Waals surface area (Å²) >= 11 is 0. The molecule has 0 bridgehead atoms. The second-order valence-corrected chi connectivity index (χ2v) is 14.3. The second-order valence-electron chi connectivity index (χ2n) is 14.3. The Morgan fingerprint density at radius 3 is 1.58 bits per heavy atom. The van der Waals surface area contributed by atoms with Gasteiger partial charge in [0, 0.05) is 27.3 Å². The fraction of sp³-hybridized carbons (Fsp3) is 0.0612. The third-order valence-electron chi connectivity index (χ3n) is 10.8. The van der Waals surface area contributed by atoms with Crippen molar-refractivity contribution in [2.75, 3.05) is 0 Å². The molecule has 0 atom stereocenters. The van der Waals surface area contributed by atoms with Crippen molar-refractivity contribution in [3.8, 4) is 61.8 Å². The predicted molar refractivity (Wildman–Crippen MR) is 216 cm³/mol. The number of rotatable bonds is 5.